The number of rotatable bonds is 2. The molecule has 1 aliphatic heterocycles. The summed E-state index contributed by atoms with van der Waals surface area (Å²) in [4.78, 5) is 0. The van der Waals surface area contributed by atoms with Gasteiger partial charge in [-0.25, -0.2) is 0 Å². The van der Waals surface area contributed by atoms with Gasteiger partial charge in [0, 0.05) is 10.9 Å². The molecule has 1 aliphatic rings. The van der Waals surface area contributed by atoms with Gasteiger partial charge in [-0.05, 0) is 125 Å². The first-order valence-electron chi connectivity index (χ1n) is 15.2. The van der Waals surface area contributed by atoms with Crippen molar-refractivity contribution in [2.24, 2.45) is 0 Å². The largest absolute Gasteiger partial charge is 0.456 e. The van der Waals surface area contributed by atoms with E-state index in [2.05, 4.69) is 121 Å². The molecule has 2 nitrogen and oxygen atoms in total. The van der Waals surface area contributed by atoms with Crippen molar-refractivity contribution >= 4 is 53.9 Å². The summed E-state index contributed by atoms with van der Waals surface area (Å²) in [5.41, 5.74) is 7.62. The van der Waals surface area contributed by atoms with Crippen molar-refractivity contribution in [1.29, 1.82) is 5.26 Å². The Morgan fingerprint density at radius 1 is 0.400 bits per heavy atom. The highest BCUT2D eigenvalue weighted by molar-refractivity contribution is 6.25. The molecule has 9 aromatic carbocycles. The predicted octanol–water partition coefficient (Wildman–Crippen LogP) is 11.9. The van der Waals surface area contributed by atoms with E-state index in [-0.39, 0.29) is 0 Å². The lowest BCUT2D eigenvalue weighted by atomic mass is 9.86. The Labute approximate surface area is 259 Å². The van der Waals surface area contributed by atoms with Crippen molar-refractivity contribution in [1.82, 2.24) is 0 Å². The topological polar surface area (TPSA) is 33.0 Å². The highest BCUT2D eigenvalue weighted by Crippen LogP contribution is 2.49. The van der Waals surface area contributed by atoms with Gasteiger partial charge in [-0.3, -0.25) is 0 Å². The normalized spacial score (nSPS) is 12.2. The molecule has 0 N–H and O–H groups in total. The maximum atomic E-state index is 9.41. The van der Waals surface area contributed by atoms with Gasteiger partial charge in [-0.1, -0.05) is 91.0 Å². The van der Waals surface area contributed by atoms with Gasteiger partial charge in [0.2, 0.25) is 0 Å². The second-order valence-corrected chi connectivity index (χ2v) is 12.0. The van der Waals surface area contributed by atoms with Crippen LogP contribution in [0, 0.1) is 11.3 Å². The molecule has 0 atom stereocenters. The Kier molecular flexibility index (Phi) is 4.82. The van der Waals surface area contributed by atoms with E-state index in [4.69, 9.17) is 4.74 Å². The van der Waals surface area contributed by atoms with E-state index in [0.29, 0.717) is 5.56 Å². The molecule has 0 saturated heterocycles. The van der Waals surface area contributed by atoms with Crippen LogP contribution in [0.3, 0.4) is 0 Å². The molecule has 9 aromatic rings. The van der Waals surface area contributed by atoms with Crippen molar-refractivity contribution in [3.63, 3.8) is 0 Å². The van der Waals surface area contributed by atoms with Crippen molar-refractivity contribution in [2.75, 3.05) is 0 Å². The second kappa shape index (κ2) is 8.92. The summed E-state index contributed by atoms with van der Waals surface area (Å²) >= 11 is 0. The summed E-state index contributed by atoms with van der Waals surface area (Å²) in [6, 6.07) is 52.3. The molecular formula is C43H23NO. The van der Waals surface area contributed by atoms with Gasteiger partial charge in [0.25, 0.3) is 0 Å². The number of ether oxygens (including phenoxy) is 1. The van der Waals surface area contributed by atoms with Crippen LogP contribution in [-0.2, 0) is 0 Å². The third-order valence-electron chi connectivity index (χ3n) is 9.57. The first kappa shape index (κ1) is 24.3. The number of nitrogens with zero attached hydrogens (tertiary/aromatic N) is 1. The molecule has 0 radical (unpaired) electrons. The van der Waals surface area contributed by atoms with Crippen LogP contribution in [0.5, 0.6) is 11.5 Å². The molecule has 0 spiro atoms. The Balaban J connectivity index is 1.16. The molecule has 206 valence electrons. The minimum Gasteiger partial charge on any atom is -0.456 e. The number of fused-ring (bicyclic) bond motifs is 3. The Morgan fingerprint density at radius 3 is 1.69 bits per heavy atom. The number of hydrogen-bond acceptors (Lipinski definition) is 2. The van der Waals surface area contributed by atoms with Crippen LogP contribution >= 0.6 is 0 Å². The maximum Gasteiger partial charge on any atom is 0.136 e. The van der Waals surface area contributed by atoms with Gasteiger partial charge >= 0.3 is 0 Å². The zero-order chi connectivity index (χ0) is 29.6. The van der Waals surface area contributed by atoms with Crippen molar-refractivity contribution in [3.05, 3.63) is 145 Å². The molecule has 0 aliphatic carbocycles. The number of benzene rings is 9. The minimum atomic E-state index is 0.597. The van der Waals surface area contributed by atoms with Gasteiger partial charge in [-0.2, -0.15) is 5.26 Å². The first-order valence-corrected chi connectivity index (χ1v) is 15.2. The van der Waals surface area contributed by atoms with Crippen LogP contribution in [0.1, 0.15) is 5.56 Å². The smallest absolute Gasteiger partial charge is 0.136 e. The predicted molar refractivity (Wildman–Crippen MR) is 186 cm³/mol. The van der Waals surface area contributed by atoms with Gasteiger partial charge in [0.1, 0.15) is 11.5 Å². The van der Waals surface area contributed by atoms with E-state index in [1.807, 2.05) is 24.3 Å². The van der Waals surface area contributed by atoms with E-state index in [1.165, 1.54) is 65.3 Å². The fourth-order valence-electron chi connectivity index (χ4n) is 7.58. The molecule has 1 heterocycles. The monoisotopic (exact) mass is 569 g/mol. The van der Waals surface area contributed by atoms with Crippen LogP contribution in [-0.4, -0.2) is 0 Å². The van der Waals surface area contributed by atoms with Gasteiger partial charge in [0.15, 0.2) is 0 Å². The Bertz CT molecular complexity index is 2680. The Hall–Kier alpha value is -6.17. The fraction of sp³-hybridized carbons (Fsp3) is 0. The van der Waals surface area contributed by atoms with Gasteiger partial charge < -0.3 is 4.74 Å². The third kappa shape index (κ3) is 3.44. The van der Waals surface area contributed by atoms with Crippen LogP contribution in [0.15, 0.2) is 140 Å². The zero-order valence-corrected chi connectivity index (χ0v) is 24.1. The maximum absolute atomic E-state index is 9.41. The highest BCUT2D eigenvalue weighted by Gasteiger charge is 2.22. The summed E-state index contributed by atoms with van der Waals surface area (Å²) < 4.78 is 6.36. The summed E-state index contributed by atoms with van der Waals surface area (Å²) in [6.07, 6.45) is 0. The van der Waals surface area contributed by atoms with Gasteiger partial charge in [0.05, 0.1) is 11.6 Å². The zero-order valence-electron chi connectivity index (χ0n) is 24.1. The summed E-state index contributed by atoms with van der Waals surface area (Å²) in [5, 5.41) is 21.9. The lowest BCUT2D eigenvalue weighted by Gasteiger charge is -2.23. The van der Waals surface area contributed by atoms with Crippen molar-refractivity contribution in [2.45, 2.75) is 0 Å². The molecule has 0 fully saturated rings. The van der Waals surface area contributed by atoms with Crippen LogP contribution < -0.4 is 4.74 Å². The second-order valence-electron chi connectivity index (χ2n) is 12.0. The quantitative estimate of drug-likeness (QED) is 0.194. The standard InChI is InChI=1S/C43H23NO/c44-24-25-11-16-36-38-18-17-35(37-9-4-10-39(43(37)38)45-40(36)19-25)32-22-29-14-12-27-20-31(21-28-13-15-30(23-32)42(29)41(27)28)34-8-3-6-26-5-1-2-7-33(26)34/h1-23H. The molecule has 0 bridgehead atoms. The number of hydrogen-bond donors (Lipinski definition) is 0. The van der Waals surface area contributed by atoms with Crippen molar-refractivity contribution in [3.8, 4) is 50.9 Å². The molecule has 0 aromatic heterocycles. The van der Waals surface area contributed by atoms with E-state index in [1.54, 1.807) is 0 Å². The van der Waals surface area contributed by atoms with Gasteiger partial charge in [-0.15, -0.1) is 0 Å². The van der Waals surface area contributed by atoms with E-state index in [9.17, 15) is 5.26 Å². The van der Waals surface area contributed by atoms with Crippen LogP contribution in [0.4, 0.5) is 0 Å². The third-order valence-corrected chi connectivity index (χ3v) is 9.57. The molecule has 0 saturated carbocycles. The minimum absolute atomic E-state index is 0.597. The molecular weight excluding hydrogens is 546 g/mol. The fourth-order valence-corrected chi connectivity index (χ4v) is 7.58. The molecule has 0 unspecified atom stereocenters. The average Bonchev–Trinajstić information content (AvgIpc) is 3.10. The highest BCUT2D eigenvalue weighted by atomic mass is 16.5. The molecule has 10 rings (SSSR count). The number of nitriles is 1. The van der Waals surface area contributed by atoms with Crippen LogP contribution in [0.2, 0.25) is 0 Å². The Morgan fingerprint density at radius 2 is 0.978 bits per heavy atom. The molecule has 2 heteroatoms. The lowest BCUT2D eigenvalue weighted by Crippen LogP contribution is -1.98. The van der Waals surface area contributed by atoms with E-state index >= 15 is 0 Å². The summed E-state index contributed by atoms with van der Waals surface area (Å²) in [6.45, 7) is 0. The van der Waals surface area contributed by atoms with E-state index in [0.717, 1.165) is 33.4 Å². The lowest BCUT2D eigenvalue weighted by molar-refractivity contribution is 0.487. The summed E-state index contributed by atoms with van der Waals surface area (Å²) in [7, 11) is 0. The molecule has 0 amide bonds. The van der Waals surface area contributed by atoms with E-state index < -0.39 is 0 Å². The average molecular weight is 570 g/mol. The summed E-state index contributed by atoms with van der Waals surface area (Å²) in [5.74, 6) is 1.56. The van der Waals surface area contributed by atoms with Crippen molar-refractivity contribution < 1.29 is 4.74 Å². The molecule has 45 heavy (non-hydrogen) atoms. The van der Waals surface area contributed by atoms with Crippen LogP contribution in [0.25, 0.3) is 87.2 Å². The SMILES string of the molecule is N#Cc1ccc2c(c1)Oc1cccc3c(-c4cc5ccc6cc(-c7cccc8ccccc78)cc7ccc(c4)c5c67)ccc-2c13. The first-order chi connectivity index (χ1) is 22.2.